The molecule has 0 aliphatic carbocycles. The lowest BCUT2D eigenvalue weighted by Gasteiger charge is -2.11. The first-order valence-electron chi connectivity index (χ1n) is 9.82. The van der Waals surface area contributed by atoms with Gasteiger partial charge in [-0.2, -0.15) is 0 Å². The molecule has 0 aliphatic rings. The zero-order chi connectivity index (χ0) is 23.3. The second kappa shape index (κ2) is 10.1. The summed E-state index contributed by atoms with van der Waals surface area (Å²) >= 11 is 3.43. The molecule has 1 aromatic heterocycles. The van der Waals surface area contributed by atoms with Crippen LogP contribution in [-0.4, -0.2) is 30.9 Å². The maximum atomic E-state index is 12.6. The second-order valence-electron chi connectivity index (χ2n) is 7.06. The molecule has 0 aliphatic heterocycles. The summed E-state index contributed by atoms with van der Waals surface area (Å²) in [5.41, 5.74) is 2.91. The number of sulfonamides is 1. The Morgan fingerprint density at radius 3 is 2.28 bits per heavy atom. The Hall–Kier alpha value is -2.98. The van der Waals surface area contributed by atoms with Gasteiger partial charge in [-0.05, 0) is 84.2 Å². The number of aryl methyl sites for hydroxylation is 3. The van der Waals surface area contributed by atoms with E-state index in [9.17, 15) is 13.2 Å². The van der Waals surface area contributed by atoms with Gasteiger partial charge in [0.2, 0.25) is 5.95 Å². The van der Waals surface area contributed by atoms with Crippen LogP contribution < -0.4 is 14.8 Å². The van der Waals surface area contributed by atoms with Gasteiger partial charge in [-0.15, -0.1) is 0 Å². The number of nitrogens with zero attached hydrogens (tertiary/aromatic N) is 2. The van der Waals surface area contributed by atoms with Crippen molar-refractivity contribution in [2.24, 2.45) is 0 Å². The molecule has 0 radical (unpaired) electrons. The lowest BCUT2D eigenvalue weighted by Crippen LogP contribution is -2.20. The molecule has 8 nitrogen and oxygen atoms in total. The van der Waals surface area contributed by atoms with Gasteiger partial charge in [0, 0.05) is 17.1 Å². The molecule has 0 unspecified atom stereocenters. The van der Waals surface area contributed by atoms with Crippen molar-refractivity contribution in [2.75, 3.05) is 16.6 Å². The number of carbonyl (C=O) groups is 1. The maximum absolute atomic E-state index is 12.6. The van der Waals surface area contributed by atoms with Crippen LogP contribution in [0.3, 0.4) is 0 Å². The number of amides is 1. The molecule has 3 aromatic rings. The first-order chi connectivity index (χ1) is 15.2. The van der Waals surface area contributed by atoms with Crippen LogP contribution in [0.1, 0.15) is 23.9 Å². The molecular formula is C22H23BrN4O4S. The number of aromatic nitrogens is 2. The number of rotatable bonds is 8. The average molecular weight is 519 g/mol. The van der Waals surface area contributed by atoms with Crippen molar-refractivity contribution in [1.29, 1.82) is 0 Å². The lowest BCUT2D eigenvalue weighted by atomic mass is 10.2. The minimum Gasteiger partial charge on any atom is -0.483 e. The maximum Gasteiger partial charge on any atom is 0.264 e. The molecule has 10 heteroatoms. The van der Waals surface area contributed by atoms with E-state index < -0.39 is 10.0 Å². The SMILES string of the molecule is CCc1ccc(OCC(=O)Nc2ccc(S(=O)(=O)Nc3nc(C)cc(C)n3)cc2)c(Br)c1. The fourth-order valence-electron chi connectivity index (χ4n) is 2.89. The van der Waals surface area contributed by atoms with Crippen molar-refractivity contribution in [3.63, 3.8) is 0 Å². The van der Waals surface area contributed by atoms with Crippen molar-refractivity contribution in [3.8, 4) is 5.75 Å². The minimum atomic E-state index is -3.87. The number of hydrogen-bond acceptors (Lipinski definition) is 6. The molecule has 1 amide bonds. The molecule has 0 fully saturated rings. The van der Waals surface area contributed by atoms with Gasteiger partial charge in [0.15, 0.2) is 6.61 Å². The number of carbonyl (C=O) groups excluding carboxylic acids is 1. The third-order valence-corrected chi connectivity index (χ3v) is 6.38. The van der Waals surface area contributed by atoms with Gasteiger partial charge in [-0.3, -0.25) is 4.79 Å². The van der Waals surface area contributed by atoms with Crippen molar-refractivity contribution in [3.05, 3.63) is 70.0 Å². The summed E-state index contributed by atoms with van der Waals surface area (Å²) in [4.78, 5) is 20.4. The molecule has 0 atom stereocenters. The average Bonchev–Trinajstić information content (AvgIpc) is 2.72. The van der Waals surface area contributed by atoms with Gasteiger partial charge in [-0.25, -0.2) is 23.1 Å². The Morgan fingerprint density at radius 1 is 1.03 bits per heavy atom. The number of anilines is 2. The topological polar surface area (TPSA) is 110 Å². The smallest absolute Gasteiger partial charge is 0.264 e. The summed E-state index contributed by atoms with van der Waals surface area (Å²) in [6.45, 7) is 5.38. The highest BCUT2D eigenvalue weighted by Crippen LogP contribution is 2.26. The molecule has 0 saturated heterocycles. The Bertz CT molecular complexity index is 1210. The number of ether oxygens (including phenoxy) is 1. The molecule has 168 valence electrons. The largest absolute Gasteiger partial charge is 0.483 e. The molecule has 2 aromatic carbocycles. The Morgan fingerprint density at radius 2 is 1.69 bits per heavy atom. The summed E-state index contributed by atoms with van der Waals surface area (Å²) in [7, 11) is -3.87. The fraction of sp³-hybridized carbons (Fsp3) is 0.227. The Balaban J connectivity index is 1.60. The van der Waals surface area contributed by atoms with Crippen molar-refractivity contribution < 1.29 is 17.9 Å². The van der Waals surface area contributed by atoms with Crippen LogP contribution >= 0.6 is 15.9 Å². The van der Waals surface area contributed by atoms with E-state index in [4.69, 9.17) is 4.74 Å². The molecule has 1 heterocycles. The first kappa shape index (κ1) is 23.7. The Labute approximate surface area is 195 Å². The van der Waals surface area contributed by atoms with E-state index >= 15 is 0 Å². The summed E-state index contributed by atoms with van der Waals surface area (Å²) in [6, 6.07) is 13.2. The standard InChI is InChI=1S/C22H23BrN4O4S/c1-4-16-5-10-20(19(23)12-16)31-13-21(28)26-17-6-8-18(9-7-17)32(29,30)27-22-24-14(2)11-15(3)25-22/h5-12H,4,13H2,1-3H3,(H,26,28)(H,24,25,27). The minimum absolute atomic E-state index is 0.00941. The highest BCUT2D eigenvalue weighted by Gasteiger charge is 2.16. The van der Waals surface area contributed by atoms with E-state index in [2.05, 4.69) is 42.9 Å². The highest BCUT2D eigenvalue weighted by atomic mass is 79.9. The van der Waals surface area contributed by atoms with Crippen LogP contribution in [0.4, 0.5) is 11.6 Å². The van der Waals surface area contributed by atoms with Crippen LogP contribution in [0.15, 0.2) is 57.9 Å². The van der Waals surface area contributed by atoms with E-state index in [1.807, 2.05) is 18.2 Å². The molecule has 0 bridgehead atoms. The molecular weight excluding hydrogens is 496 g/mol. The quantitative estimate of drug-likeness (QED) is 0.461. The van der Waals surface area contributed by atoms with Gasteiger partial charge in [-0.1, -0.05) is 13.0 Å². The van der Waals surface area contributed by atoms with Gasteiger partial charge < -0.3 is 10.1 Å². The zero-order valence-corrected chi connectivity index (χ0v) is 20.2. The van der Waals surface area contributed by atoms with Gasteiger partial charge in [0.25, 0.3) is 15.9 Å². The molecule has 2 N–H and O–H groups in total. The lowest BCUT2D eigenvalue weighted by molar-refractivity contribution is -0.118. The van der Waals surface area contributed by atoms with Crippen molar-refractivity contribution in [1.82, 2.24) is 9.97 Å². The zero-order valence-electron chi connectivity index (χ0n) is 17.8. The third kappa shape index (κ3) is 6.27. The van der Waals surface area contributed by atoms with Gasteiger partial charge in [0.1, 0.15) is 5.75 Å². The van der Waals surface area contributed by atoms with Crippen molar-refractivity contribution >= 4 is 43.5 Å². The van der Waals surface area contributed by atoms with Crippen LogP contribution in [-0.2, 0) is 21.2 Å². The highest BCUT2D eigenvalue weighted by molar-refractivity contribution is 9.10. The fourth-order valence-corrected chi connectivity index (χ4v) is 4.37. The van der Waals surface area contributed by atoms with Crippen LogP contribution in [0.2, 0.25) is 0 Å². The molecule has 3 rings (SSSR count). The van der Waals surface area contributed by atoms with Gasteiger partial charge in [0.05, 0.1) is 9.37 Å². The Kier molecular flexibility index (Phi) is 7.47. The van der Waals surface area contributed by atoms with Crippen LogP contribution in [0.5, 0.6) is 5.75 Å². The predicted molar refractivity (Wildman–Crippen MR) is 126 cm³/mol. The third-order valence-electron chi connectivity index (χ3n) is 4.42. The molecule has 0 spiro atoms. The summed E-state index contributed by atoms with van der Waals surface area (Å²) in [6.07, 6.45) is 0.901. The molecule has 32 heavy (non-hydrogen) atoms. The normalized spacial score (nSPS) is 11.1. The van der Waals surface area contributed by atoms with Gasteiger partial charge >= 0.3 is 0 Å². The van der Waals surface area contributed by atoms with E-state index in [1.54, 1.807) is 19.9 Å². The summed E-state index contributed by atoms with van der Waals surface area (Å²) < 4.78 is 33.9. The number of halogens is 1. The summed E-state index contributed by atoms with van der Waals surface area (Å²) in [5.74, 6) is 0.211. The monoisotopic (exact) mass is 518 g/mol. The second-order valence-corrected chi connectivity index (χ2v) is 9.60. The number of nitrogens with one attached hydrogen (secondary N) is 2. The number of benzene rings is 2. The van der Waals surface area contributed by atoms with E-state index in [0.29, 0.717) is 22.8 Å². The van der Waals surface area contributed by atoms with Crippen molar-refractivity contribution in [2.45, 2.75) is 32.1 Å². The predicted octanol–water partition coefficient (Wildman–Crippen LogP) is 4.24. The molecule has 0 saturated carbocycles. The van der Waals surface area contributed by atoms with Crippen LogP contribution in [0, 0.1) is 13.8 Å². The van der Waals surface area contributed by atoms with Crippen LogP contribution in [0.25, 0.3) is 0 Å². The first-order valence-corrected chi connectivity index (χ1v) is 12.1. The summed E-state index contributed by atoms with van der Waals surface area (Å²) in [5, 5.41) is 2.68. The van der Waals surface area contributed by atoms with E-state index in [-0.39, 0.29) is 23.4 Å². The van der Waals surface area contributed by atoms with E-state index in [0.717, 1.165) is 16.5 Å². The van der Waals surface area contributed by atoms with E-state index in [1.165, 1.54) is 24.3 Å². The number of hydrogen-bond donors (Lipinski definition) is 2.